The highest BCUT2D eigenvalue weighted by molar-refractivity contribution is 7.92. The van der Waals surface area contributed by atoms with E-state index in [1.54, 1.807) is 36.4 Å². The molecule has 0 saturated heterocycles. The number of rotatable bonds is 7. The van der Waals surface area contributed by atoms with Gasteiger partial charge in [-0.15, -0.1) is 0 Å². The lowest BCUT2D eigenvalue weighted by atomic mass is 9.89. The first-order chi connectivity index (χ1) is 13.9. The van der Waals surface area contributed by atoms with Crippen LogP contribution < -0.4 is 9.62 Å². The van der Waals surface area contributed by atoms with E-state index in [2.05, 4.69) is 5.32 Å². The van der Waals surface area contributed by atoms with Crippen molar-refractivity contribution < 1.29 is 13.2 Å². The average Bonchev–Trinajstić information content (AvgIpc) is 2.72. The number of amides is 1. The number of anilines is 1. The minimum Gasteiger partial charge on any atom is -0.354 e. The van der Waals surface area contributed by atoms with Crippen LogP contribution in [0.4, 0.5) is 5.69 Å². The molecule has 0 aliphatic heterocycles. The summed E-state index contributed by atoms with van der Waals surface area (Å²) in [6.07, 6.45) is 5.93. The number of carbonyl (C=O) groups excluding carboxylic acids is 1. The fraction of sp³-hybridized carbons (Fsp3) is 0.435. The van der Waals surface area contributed by atoms with Crippen LogP contribution >= 0.6 is 0 Å². The van der Waals surface area contributed by atoms with Gasteiger partial charge in [-0.05, 0) is 56.4 Å². The fourth-order valence-corrected chi connectivity index (χ4v) is 5.45. The van der Waals surface area contributed by atoms with Gasteiger partial charge < -0.3 is 5.32 Å². The van der Waals surface area contributed by atoms with Crippen LogP contribution in [0.2, 0.25) is 0 Å². The maximum Gasteiger partial charge on any atom is 0.264 e. The summed E-state index contributed by atoms with van der Waals surface area (Å²) in [4.78, 5) is 12.9. The standard InChI is InChI=1S/C23H30N2O3S/c1-18-13-14-22(19(2)15-18)25(29(27,28)21-11-7-4-8-12-21)17-23(26)24-16-20-9-5-3-6-10-20/h4,7-8,11-15,20H,3,5-6,9-10,16-17H2,1-2H3,(H,24,26). The molecule has 1 amide bonds. The van der Waals surface area contributed by atoms with Crippen molar-refractivity contribution >= 4 is 21.6 Å². The molecule has 1 fully saturated rings. The lowest BCUT2D eigenvalue weighted by Crippen LogP contribution is -2.42. The zero-order chi connectivity index (χ0) is 20.9. The summed E-state index contributed by atoms with van der Waals surface area (Å²) in [6, 6.07) is 13.9. The Morgan fingerprint density at radius 3 is 2.38 bits per heavy atom. The molecule has 2 aromatic rings. The third-order valence-corrected chi connectivity index (χ3v) is 7.33. The summed E-state index contributed by atoms with van der Waals surface area (Å²) in [6.45, 7) is 4.22. The van der Waals surface area contributed by atoms with Gasteiger partial charge in [-0.2, -0.15) is 0 Å². The number of nitrogens with zero attached hydrogens (tertiary/aromatic N) is 1. The molecule has 0 radical (unpaired) electrons. The number of aryl methyl sites for hydroxylation is 2. The second kappa shape index (κ2) is 9.44. The summed E-state index contributed by atoms with van der Waals surface area (Å²) in [5.41, 5.74) is 2.40. The first-order valence-corrected chi connectivity index (χ1v) is 11.7. The first kappa shape index (κ1) is 21.4. The number of carbonyl (C=O) groups is 1. The molecule has 0 atom stereocenters. The molecule has 2 aromatic carbocycles. The van der Waals surface area contributed by atoms with Gasteiger partial charge in [0.2, 0.25) is 5.91 Å². The maximum absolute atomic E-state index is 13.4. The van der Waals surface area contributed by atoms with E-state index in [1.165, 1.54) is 23.6 Å². The largest absolute Gasteiger partial charge is 0.354 e. The van der Waals surface area contributed by atoms with E-state index in [0.29, 0.717) is 18.2 Å². The first-order valence-electron chi connectivity index (χ1n) is 10.3. The van der Waals surface area contributed by atoms with Crippen molar-refractivity contribution in [2.45, 2.75) is 50.8 Å². The third kappa shape index (κ3) is 5.38. The average molecular weight is 415 g/mol. The smallest absolute Gasteiger partial charge is 0.264 e. The second-order valence-electron chi connectivity index (χ2n) is 7.92. The molecule has 0 spiro atoms. The van der Waals surface area contributed by atoms with E-state index in [0.717, 1.165) is 24.0 Å². The van der Waals surface area contributed by atoms with Crippen molar-refractivity contribution in [3.8, 4) is 0 Å². The Labute approximate surface area is 174 Å². The van der Waals surface area contributed by atoms with E-state index in [9.17, 15) is 13.2 Å². The zero-order valence-corrected chi connectivity index (χ0v) is 18.0. The highest BCUT2D eigenvalue weighted by Crippen LogP contribution is 2.27. The molecule has 1 aliphatic carbocycles. The van der Waals surface area contributed by atoms with Crippen LogP contribution in [-0.4, -0.2) is 27.4 Å². The fourth-order valence-electron chi connectivity index (χ4n) is 3.94. The highest BCUT2D eigenvalue weighted by atomic mass is 32.2. The number of nitrogens with one attached hydrogen (secondary N) is 1. The Kier molecular flexibility index (Phi) is 6.96. The van der Waals surface area contributed by atoms with Crippen LogP contribution in [0.5, 0.6) is 0 Å². The molecular weight excluding hydrogens is 384 g/mol. The molecule has 156 valence electrons. The Morgan fingerprint density at radius 2 is 1.72 bits per heavy atom. The van der Waals surface area contributed by atoms with Gasteiger partial charge in [0.05, 0.1) is 10.6 Å². The quantitative estimate of drug-likeness (QED) is 0.739. The number of hydrogen-bond acceptors (Lipinski definition) is 3. The minimum absolute atomic E-state index is 0.181. The van der Waals surface area contributed by atoms with Crippen molar-refractivity contribution in [1.82, 2.24) is 5.32 Å². The summed E-state index contributed by atoms with van der Waals surface area (Å²) in [5.74, 6) is 0.225. The topological polar surface area (TPSA) is 66.5 Å². The van der Waals surface area contributed by atoms with Gasteiger partial charge >= 0.3 is 0 Å². The van der Waals surface area contributed by atoms with Gasteiger partial charge in [0.15, 0.2) is 0 Å². The monoisotopic (exact) mass is 414 g/mol. The van der Waals surface area contributed by atoms with Crippen LogP contribution in [0.3, 0.4) is 0 Å². The second-order valence-corrected chi connectivity index (χ2v) is 9.79. The zero-order valence-electron chi connectivity index (χ0n) is 17.2. The van der Waals surface area contributed by atoms with E-state index in [1.807, 2.05) is 26.0 Å². The molecule has 5 nitrogen and oxygen atoms in total. The predicted octanol–water partition coefficient (Wildman–Crippen LogP) is 4.20. The molecule has 6 heteroatoms. The van der Waals surface area contributed by atoms with Crippen LogP contribution in [-0.2, 0) is 14.8 Å². The maximum atomic E-state index is 13.4. The van der Waals surface area contributed by atoms with Crippen LogP contribution in [0.1, 0.15) is 43.2 Å². The highest BCUT2D eigenvalue weighted by Gasteiger charge is 2.28. The lowest BCUT2D eigenvalue weighted by Gasteiger charge is -2.27. The molecule has 1 N–H and O–H groups in total. The van der Waals surface area contributed by atoms with Crippen LogP contribution in [0.25, 0.3) is 0 Å². The van der Waals surface area contributed by atoms with Crippen molar-refractivity contribution in [3.05, 3.63) is 59.7 Å². The van der Waals surface area contributed by atoms with E-state index >= 15 is 0 Å². The Bertz CT molecular complexity index is 936. The van der Waals surface area contributed by atoms with Crippen LogP contribution in [0.15, 0.2) is 53.4 Å². The lowest BCUT2D eigenvalue weighted by molar-refractivity contribution is -0.119. The molecule has 1 saturated carbocycles. The summed E-state index contributed by atoms with van der Waals surface area (Å²) >= 11 is 0. The number of hydrogen-bond donors (Lipinski definition) is 1. The molecule has 0 unspecified atom stereocenters. The van der Waals surface area contributed by atoms with Gasteiger partial charge in [0.1, 0.15) is 6.54 Å². The molecule has 29 heavy (non-hydrogen) atoms. The van der Waals surface area contributed by atoms with Crippen molar-refractivity contribution in [1.29, 1.82) is 0 Å². The van der Waals surface area contributed by atoms with Crippen LogP contribution in [0, 0.1) is 19.8 Å². The van der Waals surface area contributed by atoms with E-state index in [4.69, 9.17) is 0 Å². The molecule has 1 aliphatic rings. The van der Waals surface area contributed by atoms with Crippen molar-refractivity contribution in [2.24, 2.45) is 5.92 Å². The predicted molar refractivity (Wildman–Crippen MR) is 116 cm³/mol. The van der Waals surface area contributed by atoms with Crippen molar-refractivity contribution in [2.75, 3.05) is 17.4 Å². The minimum atomic E-state index is -3.86. The normalized spacial score (nSPS) is 15.1. The molecule has 0 heterocycles. The Hall–Kier alpha value is -2.34. The van der Waals surface area contributed by atoms with Crippen molar-refractivity contribution in [3.63, 3.8) is 0 Å². The van der Waals surface area contributed by atoms with Gasteiger partial charge in [0, 0.05) is 6.54 Å². The summed E-state index contributed by atoms with van der Waals surface area (Å²) in [5, 5.41) is 2.96. The number of sulfonamides is 1. The molecular formula is C23H30N2O3S. The number of benzene rings is 2. The summed E-state index contributed by atoms with van der Waals surface area (Å²) in [7, 11) is -3.86. The third-order valence-electron chi connectivity index (χ3n) is 5.55. The van der Waals surface area contributed by atoms with Gasteiger partial charge in [-0.3, -0.25) is 9.10 Å². The van der Waals surface area contributed by atoms with E-state index < -0.39 is 10.0 Å². The SMILES string of the molecule is Cc1ccc(N(CC(=O)NCC2CCCCC2)S(=O)(=O)c2ccccc2)c(C)c1. The van der Waals surface area contributed by atoms with Gasteiger partial charge in [-0.1, -0.05) is 55.2 Å². The van der Waals surface area contributed by atoms with Gasteiger partial charge in [-0.25, -0.2) is 8.42 Å². The molecule has 3 rings (SSSR count). The summed E-state index contributed by atoms with van der Waals surface area (Å²) < 4.78 is 27.9. The van der Waals surface area contributed by atoms with E-state index in [-0.39, 0.29) is 17.3 Å². The van der Waals surface area contributed by atoms with Gasteiger partial charge in [0.25, 0.3) is 10.0 Å². The molecule has 0 aromatic heterocycles. The Morgan fingerprint density at radius 1 is 1.03 bits per heavy atom. The Balaban J connectivity index is 1.84. The molecule has 0 bridgehead atoms.